The second-order valence-corrected chi connectivity index (χ2v) is 10.4. The molecule has 2 N–H and O–H groups in total. The van der Waals surface area contributed by atoms with Gasteiger partial charge in [-0.25, -0.2) is 4.98 Å². The van der Waals surface area contributed by atoms with Gasteiger partial charge in [-0.1, -0.05) is 72.8 Å². The van der Waals surface area contributed by atoms with Crippen LogP contribution in [0.25, 0.3) is 11.4 Å². The highest BCUT2D eigenvalue weighted by atomic mass is 16.5. The number of ether oxygens (including phenoxy) is 4. The highest BCUT2D eigenvalue weighted by Crippen LogP contribution is 2.69. The largest absolute Gasteiger partial charge is 0.497 e. The first-order chi connectivity index (χ1) is 20.5. The molecule has 4 aromatic carbocycles. The number of aromatic amines is 1. The monoisotopic (exact) mass is 560 g/mol. The van der Waals surface area contributed by atoms with Crippen molar-refractivity contribution in [3.05, 3.63) is 135 Å². The summed E-state index contributed by atoms with van der Waals surface area (Å²) in [4.78, 5) is 22.2. The molecule has 0 unspecified atom stereocenters. The van der Waals surface area contributed by atoms with E-state index in [4.69, 9.17) is 23.9 Å². The van der Waals surface area contributed by atoms with Gasteiger partial charge in [-0.3, -0.25) is 4.79 Å². The Morgan fingerprint density at radius 2 is 1.50 bits per heavy atom. The van der Waals surface area contributed by atoms with Gasteiger partial charge in [0.25, 0.3) is 5.56 Å². The lowest BCUT2D eigenvalue weighted by Crippen LogP contribution is -2.49. The molecule has 8 nitrogen and oxygen atoms in total. The molecule has 210 valence electrons. The number of methoxy groups -OCH3 is 3. The Morgan fingerprint density at radius 1 is 0.833 bits per heavy atom. The van der Waals surface area contributed by atoms with E-state index in [9.17, 15) is 9.90 Å². The van der Waals surface area contributed by atoms with Gasteiger partial charge in [-0.2, -0.15) is 0 Å². The molecular weight excluding hydrogens is 532 g/mol. The summed E-state index contributed by atoms with van der Waals surface area (Å²) >= 11 is 0. The van der Waals surface area contributed by atoms with Crippen molar-refractivity contribution in [3.8, 4) is 34.4 Å². The Hall–Kier alpha value is -5.08. The van der Waals surface area contributed by atoms with Crippen molar-refractivity contribution in [2.75, 3.05) is 21.3 Å². The van der Waals surface area contributed by atoms with Crippen LogP contribution in [-0.4, -0.2) is 36.4 Å². The molecule has 0 fully saturated rings. The van der Waals surface area contributed by atoms with E-state index in [1.807, 2.05) is 84.9 Å². The summed E-state index contributed by atoms with van der Waals surface area (Å²) in [6.45, 7) is 0. The number of nitrogens with one attached hydrogen (secondary N) is 1. The Morgan fingerprint density at radius 3 is 2.14 bits per heavy atom. The first kappa shape index (κ1) is 25.9. The molecule has 0 saturated carbocycles. The first-order valence-electron chi connectivity index (χ1n) is 13.5. The summed E-state index contributed by atoms with van der Waals surface area (Å²) in [5.41, 5.74) is -0.818. The van der Waals surface area contributed by atoms with Crippen LogP contribution in [0.1, 0.15) is 33.9 Å². The fourth-order valence-corrected chi connectivity index (χ4v) is 6.56. The molecule has 1 aliphatic heterocycles. The molecule has 0 radical (unpaired) electrons. The summed E-state index contributed by atoms with van der Waals surface area (Å²) in [5.74, 6) is 1.45. The van der Waals surface area contributed by atoms with Crippen molar-refractivity contribution in [3.63, 3.8) is 0 Å². The third-order valence-electron chi connectivity index (χ3n) is 8.36. The molecule has 0 bridgehead atoms. The second-order valence-electron chi connectivity index (χ2n) is 10.4. The summed E-state index contributed by atoms with van der Waals surface area (Å²) < 4.78 is 23.8. The maximum atomic E-state index is 14.2. The Kier molecular flexibility index (Phi) is 5.85. The summed E-state index contributed by atoms with van der Waals surface area (Å²) in [7, 11) is 4.67. The van der Waals surface area contributed by atoms with Crippen molar-refractivity contribution in [2.24, 2.45) is 0 Å². The summed E-state index contributed by atoms with van der Waals surface area (Å²) in [6.07, 6.45) is 0. The number of aliphatic hydroxyl groups is 1. The predicted octanol–water partition coefficient (Wildman–Crippen LogP) is 5.13. The average Bonchev–Trinajstić information content (AvgIpc) is 3.44. The maximum absolute atomic E-state index is 14.2. The normalized spacial score (nSPS) is 21.6. The predicted molar refractivity (Wildman–Crippen MR) is 156 cm³/mol. The van der Waals surface area contributed by atoms with Crippen LogP contribution in [0.15, 0.2) is 102 Å². The molecule has 3 atom stereocenters. The van der Waals surface area contributed by atoms with Crippen LogP contribution in [0.2, 0.25) is 0 Å². The number of fused-ring (bicyclic) bond motifs is 5. The molecule has 7 rings (SSSR count). The van der Waals surface area contributed by atoms with Crippen LogP contribution in [-0.2, 0) is 11.2 Å². The number of aromatic nitrogens is 2. The molecule has 42 heavy (non-hydrogen) atoms. The van der Waals surface area contributed by atoms with Crippen molar-refractivity contribution >= 4 is 0 Å². The fourth-order valence-electron chi connectivity index (χ4n) is 6.56. The van der Waals surface area contributed by atoms with E-state index in [0.29, 0.717) is 51.1 Å². The number of hydrogen-bond acceptors (Lipinski definition) is 7. The minimum Gasteiger partial charge on any atom is -0.497 e. The lowest BCUT2D eigenvalue weighted by atomic mass is 9.70. The molecular formula is C34H28N2O6. The number of rotatable bonds is 6. The van der Waals surface area contributed by atoms with Crippen LogP contribution in [0.5, 0.6) is 23.0 Å². The minimum atomic E-state index is -1.94. The highest BCUT2D eigenvalue weighted by Gasteiger charge is 2.73. The lowest BCUT2D eigenvalue weighted by molar-refractivity contribution is -0.0909. The van der Waals surface area contributed by atoms with Gasteiger partial charge in [0.05, 0.1) is 44.1 Å². The molecule has 2 heterocycles. The number of benzene rings is 4. The van der Waals surface area contributed by atoms with Crippen LogP contribution in [0.4, 0.5) is 0 Å². The summed E-state index contributed by atoms with van der Waals surface area (Å²) in [5, 5.41) is 13.4. The van der Waals surface area contributed by atoms with Gasteiger partial charge < -0.3 is 29.0 Å². The molecule has 0 saturated heterocycles. The van der Waals surface area contributed by atoms with E-state index in [2.05, 4.69) is 4.98 Å². The van der Waals surface area contributed by atoms with Gasteiger partial charge >= 0.3 is 0 Å². The molecule has 1 aromatic heterocycles. The van der Waals surface area contributed by atoms with Crippen LogP contribution in [0.3, 0.4) is 0 Å². The first-order valence-corrected chi connectivity index (χ1v) is 13.5. The second kappa shape index (κ2) is 9.49. The average molecular weight is 561 g/mol. The van der Waals surface area contributed by atoms with Crippen molar-refractivity contribution < 1.29 is 24.1 Å². The van der Waals surface area contributed by atoms with Gasteiger partial charge in [0.1, 0.15) is 28.8 Å². The highest BCUT2D eigenvalue weighted by molar-refractivity contribution is 5.69. The van der Waals surface area contributed by atoms with E-state index in [-0.39, 0.29) is 11.3 Å². The minimum absolute atomic E-state index is 0.206. The number of H-pyrrole nitrogens is 1. The standard InChI is InChI=1S/C34H28N2O6/c1-39-23-16-14-22(15-17-23)34-28(20-10-6-4-7-11-20)27-30(35-31(36-32(27)37)21-12-8-5-9-13-21)33(34,38)29-25(41-3)18-24(40-2)19-26(29)42-34/h4-19,28,38H,1-3H3,(H,35,36,37)/t28-,33+,34+/m1/s1. The number of hydrogen-bond donors (Lipinski definition) is 2. The molecule has 8 heteroatoms. The maximum Gasteiger partial charge on any atom is 0.255 e. The quantitative estimate of drug-likeness (QED) is 0.297. The molecule has 5 aromatic rings. The zero-order chi connectivity index (χ0) is 29.1. The zero-order valence-electron chi connectivity index (χ0n) is 23.3. The van der Waals surface area contributed by atoms with E-state index in [1.165, 1.54) is 7.11 Å². The summed E-state index contributed by atoms with van der Waals surface area (Å²) in [6, 6.07) is 29.7. The fraction of sp³-hybridized carbons (Fsp3) is 0.176. The van der Waals surface area contributed by atoms with E-state index in [1.54, 1.807) is 26.4 Å². The molecule has 0 spiro atoms. The van der Waals surface area contributed by atoms with E-state index >= 15 is 0 Å². The number of nitrogens with zero attached hydrogens (tertiary/aromatic N) is 1. The van der Waals surface area contributed by atoms with Crippen LogP contribution >= 0.6 is 0 Å². The SMILES string of the molecule is COc1ccc([C@@]23Oc4cc(OC)cc(OC)c4[C@]2(O)c2nc(-c4ccccc4)[nH]c(=O)c2[C@H]3c2ccccc2)cc1. The molecule has 0 amide bonds. The van der Waals surface area contributed by atoms with Gasteiger partial charge in [-0.05, 0) is 17.7 Å². The Balaban J connectivity index is 1.64. The van der Waals surface area contributed by atoms with Crippen LogP contribution < -0.4 is 24.5 Å². The molecule has 1 aliphatic carbocycles. The van der Waals surface area contributed by atoms with E-state index < -0.39 is 17.1 Å². The Bertz CT molecular complexity index is 1860. The van der Waals surface area contributed by atoms with Crippen molar-refractivity contribution in [2.45, 2.75) is 17.1 Å². The smallest absolute Gasteiger partial charge is 0.255 e. The third kappa shape index (κ3) is 3.39. The van der Waals surface area contributed by atoms with Gasteiger partial charge in [0.2, 0.25) is 0 Å². The van der Waals surface area contributed by atoms with Crippen molar-refractivity contribution in [1.82, 2.24) is 9.97 Å². The lowest BCUT2D eigenvalue weighted by Gasteiger charge is -2.40. The van der Waals surface area contributed by atoms with Gasteiger partial charge in [-0.15, -0.1) is 0 Å². The topological polar surface area (TPSA) is 103 Å². The Labute approximate surface area is 242 Å². The van der Waals surface area contributed by atoms with Crippen molar-refractivity contribution in [1.29, 1.82) is 0 Å². The zero-order valence-corrected chi connectivity index (χ0v) is 23.3. The van der Waals surface area contributed by atoms with Crippen LogP contribution in [0, 0.1) is 0 Å². The van der Waals surface area contributed by atoms with Gasteiger partial charge in [0.15, 0.2) is 11.2 Å². The van der Waals surface area contributed by atoms with E-state index in [0.717, 1.165) is 5.56 Å². The molecule has 2 aliphatic rings. The van der Waals surface area contributed by atoms with Gasteiger partial charge in [0, 0.05) is 23.3 Å². The third-order valence-corrected chi connectivity index (χ3v) is 8.36.